The van der Waals surface area contributed by atoms with E-state index in [1.165, 1.54) is 18.2 Å². The van der Waals surface area contributed by atoms with E-state index in [0.29, 0.717) is 22.7 Å². The molecule has 2 aromatic carbocycles. The number of carbonyl (C=O) groups is 1. The number of hydrogen-bond acceptors (Lipinski definition) is 5. The van der Waals surface area contributed by atoms with Crippen molar-refractivity contribution in [2.45, 2.75) is 13.0 Å². The fraction of sp³-hybridized carbons (Fsp3) is 0.200. The van der Waals surface area contributed by atoms with E-state index in [0.717, 1.165) is 5.56 Å². The molecule has 8 heteroatoms. The van der Waals surface area contributed by atoms with Gasteiger partial charge in [-0.1, -0.05) is 18.2 Å². The molecule has 1 unspecified atom stereocenters. The van der Waals surface area contributed by atoms with Crippen LogP contribution in [-0.2, 0) is 7.05 Å². The van der Waals surface area contributed by atoms with Crippen LogP contribution in [0.15, 0.2) is 54.9 Å². The zero-order valence-electron chi connectivity index (χ0n) is 15.7. The molecule has 0 aliphatic heterocycles. The Morgan fingerprint density at radius 3 is 2.64 bits per heavy atom. The van der Waals surface area contributed by atoms with Crippen LogP contribution < -0.4 is 10.1 Å². The average Bonchev–Trinajstić information content (AvgIpc) is 3.11. The van der Waals surface area contributed by atoms with E-state index in [1.54, 1.807) is 26.4 Å². The van der Waals surface area contributed by atoms with Crippen LogP contribution in [0.4, 0.5) is 5.69 Å². The van der Waals surface area contributed by atoms with Crippen LogP contribution in [-0.4, -0.2) is 27.5 Å². The second-order valence-electron chi connectivity index (χ2n) is 6.30. The highest BCUT2D eigenvalue weighted by Crippen LogP contribution is 2.29. The number of nitro benzene ring substituents is 1. The van der Waals surface area contributed by atoms with Gasteiger partial charge in [0.2, 0.25) is 0 Å². The van der Waals surface area contributed by atoms with Crippen LogP contribution in [0.3, 0.4) is 0 Å². The summed E-state index contributed by atoms with van der Waals surface area (Å²) in [6.07, 6.45) is 3.44. The van der Waals surface area contributed by atoms with Gasteiger partial charge in [0.15, 0.2) is 0 Å². The van der Waals surface area contributed by atoms with Crippen molar-refractivity contribution in [1.82, 2.24) is 14.9 Å². The van der Waals surface area contributed by atoms with Crippen LogP contribution in [0, 0.1) is 17.0 Å². The number of rotatable bonds is 6. The largest absolute Gasteiger partial charge is 0.496 e. The molecule has 1 amide bonds. The minimum absolute atomic E-state index is 0.0260. The summed E-state index contributed by atoms with van der Waals surface area (Å²) in [4.78, 5) is 27.8. The minimum Gasteiger partial charge on any atom is -0.496 e. The normalized spacial score (nSPS) is 11.7. The Labute approximate surface area is 161 Å². The van der Waals surface area contributed by atoms with Crippen molar-refractivity contribution in [3.05, 3.63) is 87.5 Å². The Morgan fingerprint density at radius 1 is 1.29 bits per heavy atom. The van der Waals surface area contributed by atoms with Gasteiger partial charge in [-0.2, -0.15) is 0 Å². The molecule has 0 fully saturated rings. The van der Waals surface area contributed by atoms with Gasteiger partial charge in [-0.15, -0.1) is 0 Å². The first-order valence-electron chi connectivity index (χ1n) is 8.58. The van der Waals surface area contributed by atoms with Crippen LogP contribution in [0.1, 0.15) is 33.4 Å². The Kier molecular flexibility index (Phi) is 5.39. The third-order valence-electron chi connectivity index (χ3n) is 4.50. The molecule has 3 aromatic rings. The van der Waals surface area contributed by atoms with Gasteiger partial charge in [0.25, 0.3) is 11.6 Å². The van der Waals surface area contributed by atoms with E-state index in [-0.39, 0.29) is 11.6 Å². The summed E-state index contributed by atoms with van der Waals surface area (Å²) in [5.74, 6) is 0.893. The van der Waals surface area contributed by atoms with Crippen LogP contribution in [0.2, 0.25) is 0 Å². The number of benzene rings is 2. The van der Waals surface area contributed by atoms with E-state index < -0.39 is 11.0 Å². The third-order valence-corrected chi connectivity index (χ3v) is 4.50. The van der Waals surface area contributed by atoms with Crippen LogP contribution in [0.25, 0.3) is 0 Å². The lowest BCUT2D eigenvalue weighted by Crippen LogP contribution is -2.31. The fourth-order valence-electron chi connectivity index (χ4n) is 3.06. The number of imidazole rings is 1. The first-order chi connectivity index (χ1) is 13.4. The number of amides is 1. The maximum atomic E-state index is 12.9. The lowest BCUT2D eigenvalue weighted by molar-refractivity contribution is -0.385. The lowest BCUT2D eigenvalue weighted by atomic mass is 10.0. The molecule has 0 saturated carbocycles. The second-order valence-corrected chi connectivity index (χ2v) is 6.30. The quantitative estimate of drug-likeness (QED) is 0.523. The van der Waals surface area contributed by atoms with Gasteiger partial charge in [-0.3, -0.25) is 14.9 Å². The molecule has 28 heavy (non-hydrogen) atoms. The Hall–Kier alpha value is -3.68. The summed E-state index contributed by atoms with van der Waals surface area (Å²) in [7, 11) is 3.41. The highest BCUT2D eigenvalue weighted by molar-refractivity contribution is 5.95. The molecule has 1 atom stereocenters. The van der Waals surface area contributed by atoms with Crippen molar-refractivity contribution >= 4 is 11.6 Å². The van der Waals surface area contributed by atoms with Crippen molar-refractivity contribution < 1.29 is 14.5 Å². The summed E-state index contributed by atoms with van der Waals surface area (Å²) in [6.45, 7) is 1.60. The first-order valence-corrected chi connectivity index (χ1v) is 8.58. The molecule has 0 bridgehead atoms. The number of aromatic nitrogens is 2. The van der Waals surface area contributed by atoms with Crippen molar-refractivity contribution in [1.29, 1.82) is 0 Å². The number of nitrogens with one attached hydrogen (secondary N) is 1. The Morgan fingerprint density at radius 2 is 2.04 bits per heavy atom. The number of nitrogens with zero attached hydrogens (tertiary/aromatic N) is 3. The van der Waals surface area contributed by atoms with Gasteiger partial charge in [0.1, 0.15) is 17.6 Å². The van der Waals surface area contributed by atoms with Crippen molar-refractivity contribution in [3.8, 4) is 5.75 Å². The predicted octanol–water partition coefficient (Wildman–Crippen LogP) is 3.16. The molecule has 0 saturated heterocycles. The SMILES string of the molecule is COc1ccccc1C(NC(=O)c1ccc([N+](=O)[O-])c(C)c1)c1nccn1C. The molecule has 1 heterocycles. The maximum Gasteiger partial charge on any atom is 0.272 e. The summed E-state index contributed by atoms with van der Waals surface area (Å²) in [5, 5.41) is 14.0. The summed E-state index contributed by atoms with van der Waals surface area (Å²) >= 11 is 0. The van der Waals surface area contributed by atoms with Gasteiger partial charge < -0.3 is 14.6 Å². The number of hydrogen-bond donors (Lipinski definition) is 1. The predicted molar refractivity (Wildman–Crippen MR) is 103 cm³/mol. The molecule has 0 aliphatic carbocycles. The Balaban J connectivity index is 1.98. The molecule has 0 radical (unpaired) electrons. The smallest absolute Gasteiger partial charge is 0.272 e. The molecule has 0 aliphatic rings. The van der Waals surface area contributed by atoms with Gasteiger partial charge >= 0.3 is 0 Å². The van der Waals surface area contributed by atoms with E-state index in [4.69, 9.17) is 4.74 Å². The minimum atomic E-state index is -0.556. The lowest BCUT2D eigenvalue weighted by Gasteiger charge is -2.21. The van der Waals surface area contributed by atoms with Crippen molar-refractivity contribution in [3.63, 3.8) is 0 Å². The molecule has 1 N–H and O–H groups in total. The van der Waals surface area contributed by atoms with E-state index >= 15 is 0 Å². The standard InChI is InChI=1S/C20H20N4O4/c1-13-12-14(8-9-16(13)24(26)27)20(25)22-18(19-21-10-11-23(19)2)15-6-4-5-7-17(15)28-3/h4-12,18H,1-3H3,(H,22,25). The number of nitro groups is 1. The molecule has 0 spiro atoms. The van der Waals surface area contributed by atoms with Crippen molar-refractivity contribution in [2.24, 2.45) is 7.05 Å². The van der Waals surface area contributed by atoms with Gasteiger partial charge in [0, 0.05) is 42.2 Å². The number of carbonyl (C=O) groups excluding carboxylic acids is 1. The first kappa shape index (κ1) is 19.1. The van der Waals surface area contributed by atoms with Crippen molar-refractivity contribution in [2.75, 3.05) is 7.11 Å². The van der Waals surface area contributed by atoms with Gasteiger partial charge in [-0.05, 0) is 25.1 Å². The zero-order chi connectivity index (χ0) is 20.3. The molecule has 144 valence electrons. The average molecular weight is 380 g/mol. The highest BCUT2D eigenvalue weighted by atomic mass is 16.6. The number of aryl methyl sites for hydroxylation is 2. The third kappa shape index (κ3) is 3.71. The maximum absolute atomic E-state index is 12.9. The summed E-state index contributed by atoms with van der Waals surface area (Å²) in [6, 6.07) is 11.1. The topological polar surface area (TPSA) is 99.3 Å². The Bertz CT molecular complexity index is 1030. The molecular weight excluding hydrogens is 360 g/mol. The van der Waals surface area contributed by atoms with E-state index in [1.807, 2.05) is 35.9 Å². The summed E-state index contributed by atoms with van der Waals surface area (Å²) in [5.41, 5.74) is 1.48. The molecule has 3 rings (SSSR count). The monoisotopic (exact) mass is 380 g/mol. The van der Waals surface area contributed by atoms with E-state index in [9.17, 15) is 14.9 Å². The van der Waals surface area contributed by atoms with Gasteiger partial charge in [-0.25, -0.2) is 4.98 Å². The van der Waals surface area contributed by atoms with Crippen LogP contribution >= 0.6 is 0 Å². The summed E-state index contributed by atoms with van der Waals surface area (Å²) < 4.78 is 7.27. The number of para-hydroxylation sites is 1. The second kappa shape index (κ2) is 7.91. The number of methoxy groups -OCH3 is 1. The molecule has 8 nitrogen and oxygen atoms in total. The van der Waals surface area contributed by atoms with Crippen LogP contribution in [0.5, 0.6) is 5.75 Å². The molecule has 1 aromatic heterocycles. The molecular formula is C20H20N4O4. The number of ether oxygens (including phenoxy) is 1. The highest BCUT2D eigenvalue weighted by Gasteiger charge is 2.25. The fourth-order valence-corrected chi connectivity index (χ4v) is 3.06. The van der Waals surface area contributed by atoms with E-state index in [2.05, 4.69) is 10.3 Å². The zero-order valence-corrected chi connectivity index (χ0v) is 15.7. The van der Waals surface area contributed by atoms with Gasteiger partial charge in [0.05, 0.1) is 12.0 Å².